The predicted molar refractivity (Wildman–Crippen MR) is 14.7 cm³/mol. The molecule has 0 radical (unpaired) electrons. The van der Waals surface area contributed by atoms with Crippen molar-refractivity contribution in [2.24, 2.45) is 0 Å². The Hall–Kier alpha value is 0.860. The zero-order valence-corrected chi connectivity index (χ0v) is 2.52. The second-order valence-electron chi connectivity index (χ2n) is 0.0891. The zero-order chi connectivity index (χ0) is 2.71. The summed E-state index contributed by atoms with van der Waals surface area (Å²) < 4.78 is 18.2. The molecule has 4 heavy (non-hydrogen) atoms. The Labute approximate surface area is 42.1 Å². The van der Waals surface area contributed by atoms with Crippen molar-refractivity contribution in [2.75, 3.05) is 0 Å². The molecular weight excluding hydrogens is 68.9 g/mol. The van der Waals surface area contributed by atoms with Gasteiger partial charge in [0, 0.05) is 0 Å². The monoisotopic (exact) mass is 70.0 g/mol. The summed E-state index contributed by atoms with van der Waals surface area (Å²) in [5.41, 5.74) is 0. The van der Waals surface area contributed by atoms with Crippen LogP contribution >= 0.6 is 0 Å². The van der Waals surface area contributed by atoms with Gasteiger partial charge in [-0.1, -0.05) is 0 Å². The van der Waals surface area contributed by atoms with E-state index in [1.54, 1.807) is 0 Å². The van der Waals surface area contributed by atoms with Gasteiger partial charge in [-0.15, -0.1) is 0 Å². The Balaban J connectivity index is 0. The van der Waals surface area contributed by atoms with Crippen molar-refractivity contribution >= 4 is 34.5 Å². The van der Waals surface area contributed by atoms with E-state index >= 15 is 0 Å². The molecule has 18 valence electrons. The van der Waals surface area contributed by atoms with Gasteiger partial charge in [0.15, 0.2) is 0 Å². The van der Waals surface area contributed by atoms with Crippen LogP contribution in [0.3, 0.4) is 0 Å². The van der Waals surface area contributed by atoms with Crippen LogP contribution in [0.15, 0.2) is 0 Å². The van der Waals surface area contributed by atoms with Crippen LogP contribution in [0.25, 0.3) is 0 Å². The van der Waals surface area contributed by atoms with Gasteiger partial charge in [-0.05, 0) is 0 Å². The predicted octanol–water partition coefficient (Wildman–Crippen LogP) is -0.728. The van der Waals surface area contributed by atoms with Crippen LogP contribution < -0.4 is 0 Å². The number of halogens is 1. The maximum atomic E-state index is 9.82. The molecule has 0 aromatic heterocycles. The van der Waals surface area contributed by atoms with Crippen molar-refractivity contribution in [1.82, 2.24) is 0 Å². The third-order valence-corrected chi connectivity index (χ3v) is 0. The molecule has 0 unspecified atom stereocenters. The Bertz CT molecular complexity index is 15.5. The van der Waals surface area contributed by atoms with E-state index in [1.165, 1.54) is 0 Å². The topological polar surface area (TPSA) is 17.1 Å². The Morgan fingerprint density at radius 3 is 1.75 bits per heavy atom. The molecule has 0 atom stereocenters. The molecule has 0 amide bonds. The maximum absolute atomic E-state index is 9.82. The van der Waals surface area contributed by atoms with Crippen molar-refractivity contribution in [3.63, 3.8) is 0 Å². The molecule has 0 aromatic carbocycles. The number of hydrogen-bond acceptors (Lipinski definition) is 1. The Morgan fingerprint density at radius 1 is 1.75 bits per heavy atom. The molecule has 0 saturated heterocycles. The molecule has 0 spiro atoms. The van der Waals surface area contributed by atoms with Crippen LogP contribution in [0.5, 0.6) is 0 Å². The molecule has 0 aliphatic heterocycles. The minimum atomic E-state index is -2.00. The third-order valence-electron chi connectivity index (χ3n) is 0. The summed E-state index contributed by atoms with van der Waals surface area (Å²) in [7, 11) is 0. The summed E-state index contributed by atoms with van der Waals surface area (Å²) in [6, 6.07) is 0. The van der Waals surface area contributed by atoms with Crippen LogP contribution in [0.2, 0.25) is 0 Å². The van der Waals surface area contributed by atoms with Crippen molar-refractivity contribution in [3.05, 3.63) is 0 Å². The molecule has 0 aliphatic carbocycles. The van der Waals surface area contributed by atoms with E-state index < -0.39 is 15.6 Å². The molecule has 0 aromatic rings. The molecule has 0 rings (SSSR count). The first-order valence-electron chi connectivity index (χ1n) is 0.454. The second kappa shape index (κ2) is 9.13. The van der Waals surface area contributed by atoms with Crippen LogP contribution in [-0.2, 0) is 3.80 Å². The summed E-state index contributed by atoms with van der Waals surface area (Å²) in [6.07, 6.45) is 0. The third kappa shape index (κ3) is 13.4. The van der Waals surface area contributed by atoms with Gasteiger partial charge >= 0.3 is 41.8 Å². The number of rotatable bonds is 0. The van der Waals surface area contributed by atoms with Crippen LogP contribution in [0.1, 0.15) is 0 Å². The van der Waals surface area contributed by atoms with E-state index in [0.29, 0.717) is 0 Å². The van der Waals surface area contributed by atoms with Gasteiger partial charge in [0.1, 0.15) is 0 Å². The fraction of sp³-hybridized carbons (Fsp3) is 0. The summed E-state index contributed by atoms with van der Waals surface area (Å²) in [5, 5.41) is 0. The quantitative estimate of drug-likeness (QED) is 0.343. The molecule has 1 nitrogen and oxygen atoms in total. The van der Waals surface area contributed by atoms with E-state index in [1.807, 2.05) is 0 Å². The fourth-order valence-corrected chi connectivity index (χ4v) is 0. The van der Waals surface area contributed by atoms with Crippen LogP contribution in [0.4, 0.5) is 3.52 Å². The van der Waals surface area contributed by atoms with Gasteiger partial charge < -0.3 is 0 Å². The SMILES string of the molecule is [LiH].[O]=[Al][F]. The first kappa shape index (κ1) is 8.85. The van der Waals surface area contributed by atoms with Crippen molar-refractivity contribution in [3.8, 4) is 0 Å². The van der Waals surface area contributed by atoms with Crippen molar-refractivity contribution in [1.29, 1.82) is 0 Å². The van der Waals surface area contributed by atoms with E-state index in [4.69, 9.17) is 3.80 Å². The average Bonchev–Trinajstić information content (AvgIpc) is 0.918. The summed E-state index contributed by atoms with van der Waals surface area (Å²) in [4.78, 5) is 0. The first-order chi connectivity index (χ1) is 1.41. The van der Waals surface area contributed by atoms with Crippen molar-refractivity contribution < 1.29 is 7.33 Å². The number of hydrogen-bond donors (Lipinski definition) is 0. The molecular formula is HAlFLiO. The molecule has 4 heteroatoms. The summed E-state index contributed by atoms with van der Waals surface area (Å²) >= 11 is -2.00. The average molecular weight is 69.9 g/mol. The van der Waals surface area contributed by atoms with Gasteiger partial charge in [-0.25, -0.2) is 0 Å². The standard InChI is InChI=1S/Al.FH.Li.O.H/h;1H;;;/q+1;;;;/p-1. The van der Waals surface area contributed by atoms with Crippen LogP contribution in [-0.4, -0.2) is 34.5 Å². The van der Waals surface area contributed by atoms with E-state index in [9.17, 15) is 3.52 Å². The zero-order valence-electron chi connectivity index (χ0n) is 1.36. The van der Waals surface area contributed by atoms with E-state index in [2.05, 4.69) is 0 Å². The van der Waals surface area contributed by atoms with Gasteiger partial charge in [0.2, 0.25) is 0 Å². The van der Waals surface area contributed by atoms with E-state index in [-0.39, 0.29) is 18.9 Å². The van der Waals surface area contributed by atoms with Gasteiger partial charge in [0.05, 0.1) is 0 Å². The Morgan fingerprint density at radius 2 is 1.75 bits per heavy atom. The summed E-state index contributed by atoms with van der Waals surface area (Å²) in [5.74, 6) is 0. The molecule has 0 saturated carbocycles. The molecule has 0 bridgehead atoms. The minimum absolute atomic E-state index is 0. The normalized spacial score (nSPS) is 2.25. The Kier molecular flexibility index (Phi) is 20.2. The molecule has 0 fully saturated rings. The van der Waals surface area contributed by atoms with E-state index in [0.717, 1.165) is 0 Å². The first-order valence-corrected chi connectivity index (χ1v) is 1.36. The van der Waals surface area contributed by atoms with Gasteiger partial charge in [0.25, 0.3) is 0 Å². The van der Waals surface area contributed by atoms with Gasteiger partial charge in [-0.2, -0.15) is 0 Å². The molecule has 0 N–H and O–H groups in total. The van der Waals surface area contributed by atoms with Crippen LogP contribution in [0, 0.1) is 0 Å². The molecule has 0 aliphatic rings. The second-order valence-corrected chi connectivity index (χ2v) is 0.267. The van der Waals surface area contributed by atoms with Crippen molar-refractivity contribution in [2.45, 2.75) is 0 Å². The fourth-order valence-electron chi connectivity index (χ4n) is 0. The van der Waals surface area contributed by atoms with Gasteiger partial charge in [-0.3, -0.25) is 0 Å². The summed E-state index contributed by atoms with van der Waals surface area (Å²) in [6.45, 7) is 0. The molecule has 0 heterocycles.